The summed E-state index contributed by atoms with van der Waals surface area (Å²) in [7, 11) is 0. The highest BCUT2D eigenvalue weighted by molar-refractivity contribution is 4.96. The van der Waals surface area contributed by atoms with Crippen LogP contribution in [0.3, 0.4) is 0 Å². The first kappa shape index (κ1) is 5.61. The van der Waals surface area contributed by atoms with Gasteiger partial charge in [0, 0.05) is 0 Å². The number of rotatable bonds is 0. The summed E-state index contributed by atoms with van der Waals surface area (Å²) in [5.41, 5.74) is 0. The first-order valence-corrected chi connectivity index (χ1v) is 3.23. The van der Waals surface area contributed by atoms with Gasteiger partial charge in [-0.1, -0.05) is 18.2 Å². The van der Waals surface area contributed by atoms with E-state index in [4.69, 9.17) is 0 Å². The van der Waals surface area contributed by atoms with Crippen molar-refractivity contribution < 1.29 is 0 Å². The zero-order valence-electron chi connectivity index (χ0n) is 5.06. The van der Waals surface area contributed by atoms with Gasteiger partial charge in [0.15, 0.2) is 0 Å². The van der Waals surface area contributed by atoms with Crippen LogP contribution in [0.1, 0.15) is 25.7 Å². The van der Waals surface area contributed by atoms with Gasteiger partial charge in [-0.25, -0.2) is 0 Å². The summed E-state index contributed by atoms with van der Waals surface area (Å²) in [5, 5.41) is 0. The molecule has 1 aliphatic rings. The van der Waals surface area contributed by atoms with Crippen LogP contribution < -0.4 is 0 Å². The van der Waals surface area contributed by atoms with E-state index < -0.39 is 0 Å². The molecular formula is C8H11. The Hall–Kier alpha value is -0.520. The first-order valence-electron chi connectivity index (χ1n) is 3.23. The molecule has 0 fully saturated rings. The van der Waals surface area contributed by atoms with Gasteiger partial charge in [0.05, 0.1) is 0 Å². The largest absolute Gasteiger partial charge is 0.0839 e. The molecule has 0 aromatic carbocycles. The summed E-state index contributed by atoms with van der Waals surface area (Å²) >= 11 is 0. The van der Waals surface area contributed by atoms with Crippen LogP contribution in [-0.4, -0.2) is 0 Å². The molecule has 0 amide bonds. The summed E-state index contributed by atoms with van der Waals surface area (Å²) in [4.78, 5) is 0. The molecule has 1 aliphatic carbocycles. The van der Waals surface area contributed by atoms with Crippen molar-refractivity contribution >= 4 is 0 Å². The highest BCUT2D eigenvalue weighted by Crippen LogP contribution is 2.03. The third kappa shape index (κ3) is 1.97. The van der Waals surface area contributed by atoms with Gasteiger partial charge in [0.25, 0.3) is 0 Å². The molecule has 0 saturated heterocycles. The van der Waals surface area contributed by atoms with E-state index in [0.717, 1.165) is 0 Å². The molecule has 0 bridgehead atoms. The summed E-state index contributed by atoms with van der Waals surface area (Å²) in [6.45, 7) is 0. The minimum Gasteiger partial charge on any atom is -0.0839 e. The van der Waals surface area contributed by atoms with Crippen molar-refractivity contribution in [2.24, 2.45) is 0 Å². The fourth-order valence-corrected chi connectivity index (χ4v) is 0.811. The maximum atomic E-state index is 3.08. The second kappa shape index (κ2) is 3.48. The van der Waals surface area contributed by atoms with Crippen molar-refractivity contribution in [3.63, 3.8) is 0 Å². The van der Waals surface area contributed by atoms with Gasteiger partial charge in [-0.3, -0.25) is 0 Å². The topological polar surface area (TPSA) is 0 Å². The van der Waals surface area contributed by atoms with Crippen LogP contribution >= 0.6 is 0 Å². The zero-order valence-corrected chi connectivity index (χ0v) is 5.06. The molecular weight excluding hydrogens is 96.1 g/mol. The van der Waals surface area contributed by atoms with Crippen LogP contribution in [0.4, 0.5) is 0 Å². The Labute approximate surface area is 50.9 Å². The molecule has 0 saturated carbocycles. The van der Waals surface area contributed by atoms with E-state index in [-0.39, 0.29) is 0 Å². The Morgan fingerprint density at radius 2 is 2.00 bits per heavy atom. The van der Waals surface area contributed by atoms with Crippen molar-refractivity contribution in [1.29, 1.82) is 0 Å². The van der Waals surface area contributed by atoms with Gasteiger partial charge in [0.1, 0.15) is 0 Å². The molecule has 43 valence electrons. The van der Waals surface area contributed by atoms with E-state index in [9.17, 15) is 0 Å². The lowest BCUT2D eigenvalue weighted by atomic mass is 10.1. The quantitative estimate of drug-likeness (QED) is 0.446. The molecule has 1 rings (SSSR count). The Bertz CT molecular complexity index is 84.6. The standard InChI is InChI=1S/C8H11/c1-2-4-6-8-7-5-3-1/h1-2,6H,3,5,7-8H2/b2-1-,6-4?. The summed E-state index contributed by atoms with van der Waals surface area (Å²) in [6.07, 6.45) is 14.5. The molecule has 0 nitrogen and oxygen atoms in total. The van der Waals surface area contributed by atoms with Crippen LogP contribution in [0.5, 0.6) is 0 Å². The third-order valence-corrected chi connectivity index (χ3v) is 1.30. The Morgan fingerprint density at radius 1 is 1.12 bits per heavy atom. The van der Waals surface area contributed by atoms with Gasteiger partial charge < -0.3 is 0 Å². The van der Waals surface area contributed by atoms with Gasteiger partial charge in [-0.2, -0.15) is 0 Å². The van der Waals surface area contributed by atoms with Crippen LogP contribution in [-0.2, 0) is 0 Å². The van der Waals surface area contributed by atoms with E-state index in [1.165, 1.54) is 25.7 Å². The lowest BCUT2D eigenvalue weighted by Gasteiger charge is -1.93. The van der Waals surface area contributed by atoms with Crippen molar-refractivity contribution in [2.45, 2.75) is 25.7 Å². The lowest BCUT2D eigenvalue weighted by Crippen LogP contribution is -1.74. The lowest BCUT2D eigenvalue weighted by molar-refractivity contribution is 0.757. The maximum absolute atomic E-state index is 3.08. The molecule has 0 heterocycles. The molecule has 1 radical (unpaired) electrons. The van der Waals surface area contributed by atoms with Crippen molar-refractivity contribution in [3.05, 3.63) is 24.3 Å². The Balaban J connectivity index is 2.33. The fraction of sp³-hybridized carbons (Fsp3) is 0.500. The molecule has 0 spiro atoms. The predicted molar refractivity (Wildman–Crippen MR) is 35.4 cm³/mol. The van der Waals surface area contributed by atoms with E-state index in [1.54, 1.807) is 0 Å². The molecule has 0 heteroatoms. The molecule has 0 N–H and O–H groups in total. The second-order valence-corrected chi connectivity index (χ2v) is 2.06. The smallest absolute Gasteiger partial charge is 0.0230 e. The van der Waals surface area contributed by atoms with Crippen molar-refractivity contribution in [3.8, 4) is 0 Å². The van der Waals surface area contributed by atoms with Crippen LogP contribution in [0.2, 0.25) is 0 Å². The Kier molecular flexibility index (Phi) is 2.44. The predicted octanol–water partition coefficient (Wildman–Crippen LogP) is 2.48. The van der Waals surface area contributed by atoms with Gasteiger partial charge in [-0.05, 0) is 31.8 Å². The second-order valence-electron chi connectivity index (χ2n) is 2.06. The fourth-order valence-electron chi connectivity index (χ4n) is 0.811. The van der Waals surface area contributed by atoms with Gasteiger partial charge in [0.2, 0.25) is 0 Å². The van der Waals surface area contributed by atoms with Gasteiger partial charge in [-0.15, -0.1) is 0 Å². The SMILES string of the molecule is [C]1=C\CCCC\C=C/1. The Morgan fingerprint density at radius 3 is 3.00 bits per heavy atom. The normalized spacial score (nSPS) is 28.0. The summed E-state index contributed by atoms with van der Waals surface area (Å²) in [5.74, 6) is 0. The van der Waals surface area contributed by atoms with Crippen LogP contribution in [0.15, 0.2) is 18.2 Å². The minimum atomic E-state index is 1.21. The number of allylic oxidation sites excluding steroid dienone is 4. The summed E-state index contributed by atoms with van der Waals surface area (Å²) < 4.78 is 0. The minimum absolute atomic E-state index is 1.21. The van der Waals surface area contributed by atoms with E-state index in [0.29, 0.717) is 0 Å². The van der Waals surface area contributed by atoms with E-state index >= 15 is 0 Å². The summed E-state index contributed by atoms with van der Waals surface area (Å²) in [6, 6.07) is 0. The highest BCUT2D eigenvalue weighted by atomic mass is 13.9. The average Bonchev–Trinajstić information content (AvgIpc) is 1.62. The van der Waals surface area contributed by atoms with Gasteiger partial charge >= 0.3 is 0 Å². The van der Waals surface area contributed by atoms with Crippen LogP contribution in [0.25, 0.3) is 0 Å². The number of hydrogen-bond acceptors (Lipinski definition) is 0. The van der Waals surface area contributed by atoms with Crippen molar-refractivity contribution in [1.82, 2.24) is 0 Å². The average molecular weight is 107 g/mol. The molecule has 8 heavy (non-hydrogen) atoms. The maximum Gasteiger partial charge on any atom is -0.0230 e. The molecule has 0 aromatic rings. The zero-order chi connectivity index (χ0) is 5.66. The molecule has 0 atom stereocenters. The van der Waals surface area contributed by atoms with E-state index in [2.05, 4.69) is 18.2 Å². The van der Waals surface area contributed by atoms with E-state index in [1.807, 2.05) is 6.08 Å². The van der Waals surface area contributed by atoms with Crippen LogP contribution in [0, 0.1) is 6.08 Å². The monoisotopic (exact) mass is 107 g/mol. The highest BCUT2D eigenvalue weighted by Gasteiger charge is 1.84. The molecule has 0 aromatic heterocycles. The first-order chi connectivity index (χ1) is 4.00. The van der Waals surface area contributed by atoms with Crippen molar-refractivity contribution in [2.75, 3.05) is 0 Å². The number of hydrogen-bond donors (Lipinski definition) is 0. The molecule has 0 unspecified atom stereocenters. The molecule has 0 aliphatic heterocycles. The third-order valence-electron chi connectivity index (χ3n) is 1.30.